The minimum absolute atomic E-state index is 0.166. The Kier molecular flexibility index (Phi) is 5.46. The topological polar surface area (TPSA) is 70.9 Å². The summed E-state index contributed by atoms with van der Waals surface area (Å²) in [6.45, 7) is 0. The van der Waals surface area contributed by atoms with E-state index in [4.69, 9.17) is 16.3 Å². The van der Waals surface area contributed by atoms with Crippen molar-refractivity contribution in [2.45, 2.75) is 0 Å². The van der Waals surface area contributed by atoms with Gasteiger partial charge in [-0.25, -0.2) is 5.43 Å². The Morgan fingerprint density at radius 3 is 2.55 bits per heavy atom. The van der Waals surface area contributed by atoms with Gasteiger partial charge in [-0.15, -0.1) is 11.3 Å². The van der Waals surface area contributed by atoms with E-state index in [9.17, 15) is 9.90 Å². The predicted octanol–water partition coefficient (Wildman–Crippen LogP) is 5.82. The molecule has 0 fully saturated rings. The van der Waals surface area contributed by atoms with Crippen LogP contribution in [0.5, 0.6) is 17.2 Å². The van der Waals surface area contributed by atoms with Gasteiger partial charge < -0.3 is 9.84 Å². The quantitative estimate of drug-likeness (QED) is 0.314. The largest absolute Gasteiger partial charge is 0.508 e. The molecule has 2 N–H and O–H groups in total. The maximum Gasteiger partial charge on any atom is 0.283 e. The molecule has 0 saturated heterocycles. The van der Waals surface area contributed by atoms with Gasteiger partial charge in [0.15, 0.2) is 0 Å². The summed E-state index contributed by atoms with van der Waals surface area (Å²) in [5.74, 6) is 1.14. The van der Waals surface area contributed by atoms with Crippen molar-refractivity contribution in [2.75, 3.05) is 0 Å². The van der Waals surface area contributed by atoms with Gasteiger partial charge in [-0.2, -0.15) is 5.10 Å². The average Bonchev–Trinajstić information content (AvgIpc) is 3.06. The third-order valence-corrected chi connectivity index (χ3v) is 5.73. The fourth-order valence-electron chi connectivity index (χ4n) is 2.66. The number of para-hydroxylation sites is 1. The number of hydrazone groups is 1. The lowest BCUT2D eigenvalue weighted by atomic mass is 10.2. The van der Waals surface area contributed by atoms with Crippen molar-refractivity contribution < 1.29 is 14.6 Å². The number of fused-ring (bicyclic) bond motifs is 1. The van der Waals surface area contributed by atoms with Gasteiger partial charge in [-0.1, -0.05) is 29.8 Å². The molecule has 0 unspecified atom stereocenters. The van der Waals surface area contributed by atoms with E-state index in [2.05, 4.69) is 10.5 Å². The summed E-state index contributed by atoms with van der Waals surface area (Å²) >= 11 is 7.74. The lowest BCUT2D eigenvalue weighted by molar-refractivity contribution is 0.0959. The molecule has 0 bridgehead atoms. The number of phenolic OH excluding ortho intramolecular Hbond substituents is 1. The highest BCUT2D eigenvalue weighted by Crippen LogP contribution is 2.38. The summed E-state index contributed by atoms with van der Waals surface area (Å²) in [6, 6.07) is 21.4. The van der Waals surface area contributed by atoms with E-state index in [0.29, 0.717) is 15.6 Å². The van der Waals surface area contributed by atoms with Crippen molar-refractivity contribution in [3.63, 3.8) is 0 Å². The maximum atomic E-state index is 12.5. The second kappa shape index (κ2) is 8.34. The van der Waals surface area contributed by atoms with Crippen LogP contribution in [0.4, 0.5) is 0 Å². The molecule has 1 aromatic heterocycles. The molecular weight excluding hydrogens is 408 g/mol. The van der Waals surface area contributed by atoms with E-state index in [1.807, 2.05) is 48.5 Å². The lowest BCUT2D eigenvalue weighted by Gasteiger charge is -2.05. The molecule has 0 aliphatic carbocycles. The highest BCUT2D eigenvalue weighted by molar-refractivity contribution is 7.21. The Labute approximate surface area is 175 Å². The van der Waals surface area contributed by atoms with E-state index in [1.54, 1.807) is 24.3 Å². The Balaban J connectivity index is 1.52. The molecule has 0 radical (unpaired) electrons. The average molecular weight is 423 g/mol. The van der Waals surface area contributed by atoms with E-state index in [1.165, 1.54) is 17.6 Å². The number of phenols is 1. The van der Waals surface area contributed by atoms with E-state index < -0.39 is 5.91 Å². The number of carbonyl (C=O) groups excluding carboxylic acids is 1. The lowest BCUT2D eigenvalue weighted by Crippen LogP contribution is -2.16. The number of nitrogens with zero attached hydrogens (tertiary/aromatic N) is 1. The second-order valence-corrected chi connectivity index (χ2v) is 7.54. The molecule has 144 valence electrons. The van der Waals surface area contributed by atoms with Crippen LogP contribution in [-0.2, 0) is 0 Å². The number of ether oxygens (including phenoxy) is 1. The summed E-state index contributed by atoms with van der Waals surface area (Å²) in [7, 11) is 0. The summed E-state index contributed by atoms with van der Waals surface area (Å²) in [4.78, 5) is 12.9. The minimum Gasteiger partial charge on any atom is -0.508 e. The van der Waals surface area contributed by atoms with Gasteiger partial charge in [0.05, 0.1) is 11.2 Å². The molecule has 29 heavy (non-hydrogen) atoms. The monoisotopic (exact) mass is 422 g/mol. The van der Waals surface area contributed by atoms with Crippen LogP contribution in [0.1, 0.15) is 15.2 Å². The van der Waals surface area contributed by atoms with Gasteiger partial charge in [0.1, 0.15) is 22.1 Å². The Morgan fingerprint density at radius 1 is 1.03 bits per heavy atom. The van der Waals surface area contributed by atoms with Gasteiger partial charge in [0, 0.05) is 10.1 Å². The summed E-state index contributed by atoms with van der Waals surface area (Å²) < 4.78 is 6.72. The van der Waals surface area contributed by atoms with Gasteiger partial charge in [-0.05, 0) is 60.2 Å². The van der Waals surface area contributed by atoms with Gasteiger partial charge in [0.25, 0.3) is 5.91 Å². The number of carbonyl (C=O) groups is 1. The Morgan fingerprint density at radius 2 is 1.79 bits per heavy atom. The van der Waals surface area contributed by atoms with Crippen LogP contribution in [0.2, 0.25) is 5.02 Å². The molecule has 0 atom stereocenters. The molecule has 7 heteroatoms. The first-order valence-electron chi connectivity index (χ1n) is 8.67. The van der Waals surface area contributed by atoms with Crippen molar-refractivity contribution >= 4 is 45.1 Å². The molecule has 4 aromatic rings. The van der Waals surface area contributed by atoms with E-state index in [0.717, 1.165) is 21.4 Å². The molecule has 5 nitrogen and oxygen atoms in total. The number of benzene rings is 3. The number of rotatable bonds is 5. The van der Waals surface area contributed by atoms with E-state index >= 15 is 0 Å². The van der Waals surface area contributed by atoms with Gasteiger partial charge in [-0.3, -0.25) is 4.79 Å². The molecule has 1 heterocycles. The second-order valence-electron chi connectivity index (χ2n) is 6.11. The molecule has 1 amide bonds. The fourth-order valence-corrected chi connectivity index (χ4v) is 4.04. The molecule has 0 saturated carbocycles. The number of thiophene rings is 1. The Hall–Kier alpha value is -3.35. The van der Waals surface area contributed by atoms with Crippen molar-refractivity contribution in [1.29, 1.82) is 0 Å². The molecule has 4 rings (SSSR count). The van der Waals surface area contributed by atoms with Crippen LogP contribution in [0.3, 0.4) is 0 Å². The standard InChI is InChI=1S/C22H15ClN2O3S/c23-20-18-12-17(28-16-4-2-1-3-5-16)10-11-19(18)29-21(20)22(27)25-24-13-14-6-8-15(26)9-7-14/h1-13,26H,(H,25,27)/b24-13+. The number of halogens is 1. The third-order valence-electron chi connectivity index (χ3n) is 4.06. The first kappa shape index (κ1) is 19.0. The minimum atomic E-state index is -0.392. The normalized spacial score (nSPS) is 11.1. The first-order chi connectivity index (χ1) is 14.1. The van der Waals surface area contributed by atoms with Crippen LogP contribution in [0.25, 0.3) is 10.1 Å². The van der Waals surface area contributed by atoms with Crippen LogP contribution in [0.15, 0.2) is 77.9 Å². The summed E-state index contributed by atoms with van der Waals surface area (Å²) in [5, 5.41) is 14.3. The predicted molar refractivity (Wildman–Crippen MR) is 117 cm³/mol. The first-order valence-corrected chi connectivity index (χ1v) is 9.87. The summed E-state index contributed by atoms with van der Waals surface area (Å²) in [5.41, 5.74) is 3.22. The fraction of sp³-hybridized carbons (Fsp3) is 0. The zero-order valence-corrected chi connectivity index (χ0v) is 16.6. The number of hydrogen-bond donors (Lipinski definition) is 2. The zero-order valence-electron chi connectivity index (χ0n) is 15.0. The number of amides is 1. The smallest absolute Gasteiger partial charge is 0.283 e. The highest BCUT2D eigenvalue weighted by Gasteiger charge is 2.17. The van der Waals surface area contributed by atoms with Crippen LogP contribution >= 0.6 is 22.9 Å². The molecule has 0 spiro atoms. The summed E-state index contributed by atoms with van der Waals surface area (Å²) in [6.07, 6.45) is 1.49. The van der Waals surface area contributed by atoms with Crippen LogP contribution < -0.4 is 10.2 Å². The van der Waals surface area contributed by atoms with Crippen molar-refractivity contribution in [3.8, 4) is 17.2 Å². The number of aromatic hydroxyl groups is 1. The Bertz CT molecular complexity index is 1190. The van der Waals surface area contributed by atoms with Crippen molar-refractivity contribution in [1.82, 2.24) is 5.43 Å². The van der Waals surface area contributed by atoms with Crippen LogP contribution in [-0.4, -0.2) is 17.2 Å². The maximum absolute atomic E-state index is 12.5. The third kappa shape index (κ3) is 4.39. The number of nitrogens with one attached hydrogen (secondary N) is 1. The molecule has 3 aromatic carbocycles. The SMILES string of the molecule is O=C(N/N=C/c1ccc(O)cc1)c1sc2ccc(Oc3ccccc3)cc2c1Cl. The number of hydrogen-bond acceptors (Lipinski definition) is 5. The van der Waals surface area contributed by atoms with Crippen molar-refractivity contribution in [2.24, 2.45) is 5.10 Å². The zero-order chi connectivity index (χ0) is 20.2. The van der Waals surface area contributed by atoms with Crippen LogP contribution in [0, 0.1) is 0 Å². The van der Waals surface area contributed by atoms with Gasteiger partial charge in [0.2, 0.25) is 0 Å². The highest BCUT2D eigenvalue weighted by atomic mass is 35.5. The molecule has 0 aliphatic heterocycles. The van der Waals surface area contributed by atoms with Crippen molar-refractivity contribution in [3.05, 3.63) is 88.3 Å². The molecular formula is C22H15ClN2O3S. The van der Waals surface area contributed by atoms with E-state index in [-0.39, 0.29) is 5.75 Å². The molecule has 0 aliphatic rings. The van der Waals surface area contributed by atoms with Gasteiger partial charge >= 0.3 is 0 Å².